The molecule has 0 radical (unpaired) electrons. The molecule has 2 aromatic carbocycles. The van der Waals surface area contributed by atoms with Crippen molar-refractivity contribution in [3.63, 3.8) is 0 Å². The van der Waals surface area contributed by atoms with Crippen LogP contribution in [0.4, 0.5) is 0 Å². The van der Waals surface area contributed by atoms with Crippen LogP contribution in [0.2, 0.25) is 0 Å². The molecule has 0 saturated carbocycles. The molecule has 24 heavy (non-hydrogen) atoms. The van der Waals surface area contributed by atoms with E-state index in [2.05, 4.69) is 40.5 Å². The zero-order valence-electron chi connectivity index (χ0n) is 13.6. The molecule has 3 aromatic rings. The van der Waals surface area contributed by atoms with Gasteiger partial charge >= 0.3 is 0 Å². The number of carbonyl (C=O) groups is 1. The Morgan fingerprint density at radius 2 is 2.04 bits per heavy atom. The van der Waals surface area contributed by atoms with E-state index in [1.165, 1.54) is 10.8 Å². The third-order valence-electron chi connectivity index (χ3n) is 4.91. The second-order valence-electron chi connectivity index (χ2n) is 6.55. The summed E-state index contributed by atoms with van der Waals surface area (Å²) < 4.78 is 0. The van der Waals surface area contributed by atoms with Crippen LogP contribution in [0.25, 0.3) is 10.8 Å². The molecule has 4 rings (SSSR count). The number of nitrogens with one attached hydrogen (secondary N) is 1. The maximum Gasteiger partial charge on any atom is 0.227 e. The molecule has 0 spiro atoms. The number of hydrogen-bond donors (Lipinski definition) is 1. The predicted molar refractivity (Wildman–Crippen MR) is 94.8 cm³/mol. The fourth-order valence-electron chi connectivity index (χ4n) is 3.59. The summed E-state index contributed by atoms with van der Waals surface area (Å²) in [5.41, 5.74) is 2.22. The number of carbonyl (C=O) groups excluding carboxylic acids is 1. The first-order chi connectivity index (χ1) is 11.8. The molecule has 4 heteroatoms. The van der Waals surface area contributed by atoms with Crippen LogP contribution in [0, 0.1) is 0 Å². The molecule has 4 nitrogen and oxygen atoms in total. The van der Waals surface area contributed by atoms with Crippen LogP contribution in [-0.4, -0.2) is 34.1 Å². The summed E-state index contributed by atoms with van der Waals surface area (Å²) in [5, 5.41) is 9.49. The summed E-state index contributed by atoms with van der Waals surface area (Å²) in [6.45, 7) is 1.64. The lowest BCUT2D eigenvalue weighted by Gasteiger charge is -2.32. The van der Waals surface area contributed by atoms with Gasteiger partial charge in [0.05, 0.1) is 6.42 Å². The van der Waals surface area contributed by atoms with E-state index in [-0.39, 0.29) is 5.91 Å². The number of H-pyrrole nitrogens is 1. The van der Waals surface area contributed by atoms with E-state index in [1.807, 2.05) is 23.1 Å². The maximum atomic E-state index is 12.7. The van der Waals surface area contributed by atoms with E-state index in [0.717, 1.165) is 37.2 Å². The van der Waals surface area contributed by atoms with Gasteiger partial charge in [0.25, 0.3) is 0 Å². The summed E-state index contributed by atoms with van der Waals surface area (Å²) in [4.78, 5) is 14.7. The summed E-state index contributed by atoms with van der Waals surface area (Å²) in [7, 11) is 0. The third-order valence-corrected chi connectivity index (χ3v) is 4.91. The molecular formula is C20H21N3O. The summed E-state index contributed by atoms with van der Waals surface area (Å²) in [6, 6.07) is 16.6. The highest BCUT2D eigenvalue weighted by Crippen LogP contribution is 2.26. The Morgan fingerprint density at radius 3 is 2.88 bits per heavy atom. The fraction of sp³-hybridized carbons (Fsp3) is 0.300. The lowest BCUT2D eigenvalue weighted by atomic mass is 9.94. The SMILES string of the molecule is O=C(Cc1ccc2ccccc2c1)N1CCC[C@H](c2ccn[nH]2)C1. The number of aromatic nitrogens is 2. The Morgan fingerprint density at radius 1 is 1.17 bits per heavy atom. The van der Waals surface area contributed by atoms with Crippen molar-refractivity contribution in [2.45, 2.75) is 25.2 Å². The average Bonchev–Trinajstić information content (AvgIpc) is 3.16. The van der Waals surface area contributed by atoms with Crippen LogP contribution in [0.15, 0.2) is 54.7 Å². The van der Waals surface area contributed by atoms with Gasteiger partial charge in [-0.15, -0.1) is 0 Å². The highest BCUT2D eigenvalue weighted by molar-refractivity contribution is 5.85. The van der Waals surface area contributed by atoms with Crippen molar-refractivity contribution in [3.8, 4) is 0 Å². The lowest BCUT2D eigenvalue weighted by Crippen LogP contribution is -2.40. The largest absolute Gasteiger partial charge is 0.342 e. The molecule has 0 unspecified atom stereocenters. The molecule has 1 N–H and O–H groups in total. The van der Waals surface area contributed by atoms with E-state index in [9.17, 15) is 4.79 Å². The first-order valence-corrected chi connectivity index (χ1v) is 8.54. The van der Waals surface area contributed by atoms with Crippen LogP contribution >= 0.6 is 0 Å². The smallest absolute Gasteiger partial charge is 0.227 e. The number of benzene rings is 2. The minimum atomic E-state index is 0.217. The van der Waals surface area contributed by atoms with E-state index in [4.69, 9.17) is 0 Å². The quantitative estimate of drug-likeness (QED) is 0.803. The van der Waals surface area contributed by atoms with Crippen molar-refractivity contribution in [1.82, 2.24) is 15.1 Å². The summed E-state index contributed by atoms with van der Waals surface area (Å²) in [5.74, 6) is 0.594. The molecule has 122 valence electrons. The zero-order chi connectivity index (χ0) is 16.4. The number of rotatable bonds is 3. The average molecular weight is 319 g/mol. The zero-order valence-corrected chi connectivity index (χ0v) is 13.6. The molecule has 1 fully saturated rings. The minimum absolute atomic E-state index is 0.217. The standard InChI is InChI=1S/C20H21N3O/c24-20(13-15-7-8-16-4-1-2-5-17(16)12-15)23-11-3-6-18(14-23)19-9-10-21-22-19/h1-2,4-5,7-10,12,18H,3,6,11,13-14H2,(H,21,22)/t18-/m0/s1. The minimum Gasteiger partial charge on any atom is -0.342 e. The highest BCUT2D eigenvalue weighted by Gasteiger charge is 2.25. The van der Waals surface area contributed by atoms with E-state index in [1.54, 1.807) is 6.20 Å². The van der Waals surface area contributed by atoms with Gasteiger partial charge in [-0.1, -0.05) is 42.5 Å². The Bertz CT molecular complexity index is 841. The first kappa shape index (κ1) is 14.9. The predicted octanol–water partition coefficient (Wildman–Crippen LogP) is 3.51. The summed E-state index contributed by atoms with van der Waals surface area (Å²) >= 11 is 0. The van der Waals surface area contributed by atoms with Crippen molar-refractivity contribution in [3.05, 3.63) is 66.0 Å². The van der Waals surface area contributed by atoms with Gasteiger partial charge in [-0.25, -0.2) is 0 Å². The topological polar surface area (TPSA) is 49.0 Å². The van der Waals surface area contributed by atoms with Gasteiger partial charge in [-0.3, -0.25) is 9.89 Å². The molecule has 1 aliphatic heterocycles. The Balaban J connectivity index is 1.46. The number of amides is 1. The first-order valence-electron chi connectivity index (χ1n) is 8.54. The third kappa shape index (κ3) is 3.04. The van der Waals surface area contributed by atoms with Gasteiger partial charge in [0.1, 0.15) is 0 Å². The van der Waals surface area contributed by atoms with Gasteiger partial charge in [0.2, 0.25) is 5.91 Å². The van der Waals surface area contributed by atoms with Crippen LogP contribution in [0.3, 0.4) is 0 Å². The molecule has 1 aliphatic rings. The number of likely N-dealkylation sites (tertiary alicyclic amines) is 1. The van der Waals surface area contributed by atoms with Crippen molar-refractivity contribution in [2.75, 3.05) is 13.1 Å². The maximum absolute atomic E-state index is 12.7. The number of fused-ring (bicyclic) bond motifs is 1. The van der Waals surface area contributed by atoms with Crippen molar-refractivity contribution in [1.29, 1.82) is 0 Å². The molecule has 1 atom stereocenters. The number of aromatic amines is 1. The second-order valence-corrected chi connectivity index (χ2v) is 6.55. The van der Waals surface area contributed by atoms with Gasteiger partial charge in [-0.2, -0.15) is 5.10 Å². The van der Waals surface area contributed by atoms with Crippen LogP contribution in [-0.2, 0) is 11.2 Å². The highest BCUT2D eigenvalue weighted by atomic mass is 16.2. The number of nitrogens with zero attached hydrogens (tertiary/aromatic N) is 2. The fourth-order valence-corrected chi connectivity index (χ4v) is 3.59. The van der Waals surface area contributed by atoms with Gasteiger partial charge in [0.15, 0.2) is 0 Å². The van der Waals surface area contributed by atoms with E-state index in [0.29, 0.717) is 12.3 Å². The molecule has 0 aliphatic carbocycles. The Hall–Kier alpha value is -2.62. The molecule has 1 saturated heterocycles. The molecule has 2 heterocycles. The number of piperidine rings is 1. The van der Waals surface area contributed by atoms with Gasteiger partial charge in [-0.05, 0) is 35.2 Å². The van der Waals surface area contributed by atoms with E-state index >= 15 is 0 Å². The lowest BCUT2D eigenvalue weighted by molar-refractivity contribution is -0.131. The monoisotopic (exact) mass is 319 g/mol. The van der Waals surface area contributed by atoms with Crippen LogP contribution < -0.4 is 0 Å². The van der Waals surface area contributed by atoms with Crippen LogP contribution in [0.5, 0.6) is 0 Å². The molecular weight excluding hydrogens is 298 g/mol. The van der Waals surface area contributed by atoms with Crippen LogP contribution in [0.1, 0.15) is 30.0 Å². The number of hydrogen-bond acceptors (Lipinski definition) is 2. The normalized spacial score (nSPS) is 18.0. The molecule has 0 bridgehead atoms. The van der Waals surface area contributed by atoms with Gasteiger partial charge in [0, 0.05) is 30.9 Å². The Labute approximate surface area is 141 Å². The van der Waals surface area contributed by atoms with Crippen molar-refractivity contribution < 1.29 is 4.79 Å². The summed E-state index contributed by atoms with van der Waals surface area (Å²) in [6.07, 6.45) is 4.42. The van der Waals surface area contributed by atoms with Gasteiger partial charge < -0.3 is 4.90 Å². The molecule has 1 aromatic heterocycles. The molecule has 1 amide bonds. The van der Waals surface area contributed by atoms with E-state index < -0.39 is 0 Å². The Kier molecular flexibility index (Phi) is 4.03. The second kappa shape index (κ2) is 6.48. The van der Waals surface area contributed by atoms with Crippen molar-refractivity contribution in [2.24, 2.45) is 0 Å². The van der Waals surface area contributed by atoms with Crippen molar-refractivity contribution >= 4 is 16.7 Å².